The summed E-state index contributed by atoms with van der Waals surface area (Å²) in [6.45, 7) is 2.21. The van der Waals surface area contributed by atoms with Crippen molar-refractivity contribution in [2.45, 2.75) is 19.3 Å². The molecule has 0 aliphatic rings. The Labute approximate surface area is 140 Å². The Morgan fingerprint density at radius 2 is 1.91 bits per heavy atom. The van der Waals surface area contributed by atoms with Crippen LogP contribution in [0.15, 0.2) is 54.7 Å². The van der Waals surface area contributed by atoms with Crippen LogP contribution in [-0.4, -0.2) is 17.6 Å². The Bertz CT molecular complexity index is 808. The average Bonchev–Trinajstić information content (AvgIpc) is 2.98. The predicted octanol–water partition coefficient (Wildman–Crippen LogP) is 4.91. The van der Waals surface area contributed by atoms with Crippen molar-refractivity contribution < 1.29 is 9.53 Å². The minimum atomic E-state index is -0.197. The van der Waals surface area contributed by atoms with Gasteiger partial charge in [-0.05, 0) is 36.2 Å². The lowest BCUT2D eigenvalue weighted by Gasteiger charge is -2.16. The molecular formula is C19H18ClNO2. The molecule has 2 aromatic carbocycles. The first kappa shape index (κ1) is 15.6. The standard InChI is InChI=1S/C19H18ClNO2/c1-2-23-19(22)11-16(13-7-9-14(20)10-8-13)17-12-21-18-6-4-3-5-15(17)18/h3-10,12,16,21H,2,11H2,1H3. The van der Waals surface area contributed by atoms with Gasteiger partial charge in [0, 0.05) is 28.0 Å². The quantitative estimate of drug-likeness (QED) is 0.677. The van der Waals surface area contributed by atoms with Crippen LogP contribution < -0.4 is 0 Å². The van der Waals surface area contributed by atoms with E-state index in [1.807, 2.05) is 55.6 Å². The van der Waals surface area contributed by atoms with Gasteiger partial charge in [0.2, 0.25) is 0 Å². The number of fused-ring (bicyclic) bond motifs is 1. The third-order valence-corrected chi connectivity index (χ3v) is 4.20. The Hall–Kier alpha value is -2.26. The van der Waals surface area contributed by atoms with Crippen LogP contribution in [0.2, 0.25) is 5.02 Å². The van der Waals surface area contributed by atoms with Crippen LogP contribution in [0.1, 0.15) is 30.4 Å². The van der Waals surface area contributed by atoms with Crippen LogP contribution in [0.3, 0.4) is 0 Å². The first-order valence-electron chi connectivity index (χ1n) is 7.66. The second-order valence-electron chi connectivity index (χ2n) is 5.40. The maximum Gasteiger partial charge on any atom is 0.306 e. The van der Waals surface area contributed by atoms with Gasteiger partial charge in [-0.3, -0.25) is 4.79 Å². The number of benzene rings is 2. The Morgan fingerprint density at radius 1 is 1.17 bits per heavy atom. The van der Waals surface area contributed by atoms with Crippen LogP contribution in [-0.2, 0) is 9.53 Å². The number of ether oxygens (including phenoxy) is 1. The second kappa shape index (κ2) is 6.88. The molecule has 4 heteroatoms. The summed E-state index contributed by atoms with van der Waals surface area (Å²) in [5.41, 5.74) is 3.20. The minimum Gasteiger partial charge on any atom is -0.466 e. The summed E-state index contributed by atoms with van der Waals surface area (Å²) in [7, 11) is 0. The van der Waals surface area contributed by atoms with Crippen LogP contribution in [0.4, 0.5) is 0 Å². The molecule has 0 aliphatic heterocycles. The molecule has 1 N–H and O–H groups in total. The zero-order valence-corrected chi connectivity index (χ0v) is 13.6. The van der Waals surface area contributed by atoms with Crippen molar-refractivity contribution in [2.75, 3.05) is 6.61 Å². The number of carbonyl (C=O) groups excluding carboxylic acids is 1. The fourth-order valence-corrected chi connectivity index (χ4v) is 3.00. The SMILES string of the molecule is CCOC(=O)CC(c1ccc(Cl)cc1)c1c[nH]c2ccccc12. The zero-order chi connectivity index (χ0) is 16.2. The Balaban J connectivity index is 2.03. The molecule has 1 atom stereocenters. The van der Waals surface area contributed by atoms with E-state index in [1.54, 1.807) is 0 Å². The number of para-hydroxylation sites is 1. The summed E-state index contributed by atoms with van der Waals surface area (Å²) in [6, 6.07) is 15.7. The van der Waals surface area contributed by atoms with Crippen molar-refractivity contribution in [3.63, 3.8) is 0 Å². The van der Waals surface area contributed by atoms with Gasteiger partial charge in [0.15, 0.2) is 0 Å². The number of aromatic amines is 1. The van der Waals surface area contributed by atoms with Gasteiger partial charge in [-0.1, -0.05) is 41.9 Å². The highest BCUT2D eigenvalue weighted by Crippen LogP contribution is 2.34. The molecule has 3 rings (SSSR count). The number of aromatic nitrogens is 1. The maximum atomic E-state index is 12.1. The third-order valence-electron chi connectivity index (χ3n) is 3.95. The van der Waals surface area contributed by atoms with E-state index in [2.05, 4.69) is 11.1 Å². The number of nitrogens with one attached hydrogen (secondary N) is 1. The number of hydrogen-bond acceptors (Lipinski definition) is 2. The number of halogens is 1. The normalized spacial score (nSPS) is 12.3. The van der Waals surface area contributed by atoms with Crippen LogP contribution in [0.5, 0.6) is 0 Å². The van der Waals surface area contributed by atoms with Crippen molar-refractivity contribution >= 4 is 28.5 Å². The number of H-pyrrole nitrogens is 1. The molecule has 0 aliphatic carbocycles. The lowest BCUT2D eigenvalue weighted by atomic mass is 9.88. The minimum absolute atomic E-state index is 0.0672. The van der Waals surface area contributed by atoms with Crippen LogP contribution in [0, 0.1) is 0 Å². The highest BCUT2D eigenvalue weighted by Gasteiger charge is 2.22. The monoisotopic (exact) mass is 327 g/mol. The fourth-order valence-electron chi connectivity index (χ4n) is 2.87. The predicted molar refractivity (Wildman–Crippen MR) is 92.8 cm³/mol. The summed E-state index contributed by atoms with van der Waals surface area (Å²) in [4.78, 5) is 15.3. The molecule has 0 bridgehead atoms. The molecule has 0 saturated heterocycles. The second-order valence-corrected chi connectivity index (χ2v) is 5.84. The van der Waals surface area contributed by atoms with E-state index in [4.69, 9.17) is 16.3 Å². The molecule has 0 fully saturated rings. The van der Waals surface area contributed by atoms with Gasteiger partial charge in [-0.2, -0.15) is 0 Å². The van der Waals surface area contributed by atoms with Gasteiger partial charge in [-0.15, -0.1) is 0 Å². The molecule has 0 amide bonds. The molecular weight excluding hydrogens is 310 g/mol. The lowest BCUT2D eigenvalue weighted by Crippen LogP contribution is -2.11. The van der Waals surface area contributed by atoms with E-state index in [9.17, 15) is 4.79 Å². The molecule has 118 valence electrons. The number of hydrogen-bond donors (Lipinski definition) is 1. The van der Waals surface area contributed by atoms with E-state index in [0.29, 0.717) is 18.1 Å². The van der Waals surface area contributed by atoms with Gasteiger partial charge < -0.3 is 9.72 Å². The summed E-state index contributed by atoms with van der Waals surface area (Å²) >= 11 is 5.99. The molecule has 1 heterocycles. The molecule has 3 nitrogen and oxygen atoms in total. The van der Waals surface area contributed by atoms with E-state index in [1.165, 1.54) is 0 Å². The Kier molecular flexibility index (Phi) is 4.68. The number of esters is 1. The van der Waals surface area contributed by atoms with Crippen molar-refractivity contribution in [1.29, 1.82) is 0 Å². The van der Waals surface area contributed by atoms with E-state index < -0.39 is 0 Å². The van der Waals surface area contributed by atoms with Gasteiger partial charge in [-0.25, -0.2) is 0 Å². The molecule has 3 aromatic rings. The first-order chi connectivity index (χ1) is 11.2. The molecule has 0 spiro atoms. The highest BCUT2D eigenvalue weighted by atomic mass is 35.5. The fraction of sp³-hybridized carbons (Fsp3) is 0.211. The summed E-state index contributed by atoms with van der Waals surface area (Å²) in [6.07, 6.45) is 2.28. The summed E-state index contributed by atoms with van der Waals surface area (Å²) < 4.78 is 5.15. The van der Waals surface area contributed by atoms with Crippen molar-refractivity contribution in [1.82, 2.24) is 4.98 Å². The number of rotatable bonds is 5. The highest BCUT2D eigenvalue weighted by molar-refractivity contribution is 6.30. The third kappa shape index (κ3) is 3.40. The van der Waals surface area contributed by atoms with Crippen molar-refractivity contribution in [3.8, 4) is 0 Å². The van der Waals surface area contributed by atoms with Crippen LogP contribution in [0.25, 0.3) is 10.9 Å². The maximum absolute atomic E-state index is 12.1. The summed E-state index contributed by atoms with van der Waals surface area (Å²) in [5, 5.41) is 1.80. The van der Waals surface area contributed by atoms with E-state index in [-0.39, 0.29) is 11.9 Å². The molecule has 0 saturated carbocycles. The topological polar surface area (TPSA) is 42.1 Å². The largest absolute Gasteiger partial charge is 0.466 e. The molecule has 0 radical (unpaired) electrons. The van der Waals surface area contributed by atoms with Gasteiger partial charge in [0.25, 0.3) is 0 Å². The zero-order valence-electron chi connectivity index (χ0n) is 12.9. The Morgan fingerprint density at radius 3 is 2.65 bits per heavy atom. The lowest BCUT2D eigenvalue weighted by molar-refractivity contribution is -0.143. The van der Waals surface area contributed by atoms with Gasteiger partial charge in [0.1, 0.15) is 0 Å². The van der Waals surface area contributed by atoms with E-state index in [0.717, 1.165) is 22.0 Å². The molecule has 1 aromatic heterocycles. The first-order valence-corrected chi connectivity index (χ1v) is 8.04. The van der Waals surface area contributed by atoms with Gasteiger partial charge in [0.05, 0.1) is 13.0 Å². The van der Waals surface area contributed by atoms with Gasteiger partial charge >= 0.3 is 5.97 Å². The average molecular weight is 328 g/mol. The van der Waals surface area contributed by atoms with Crippen molar-refractivity contribution in [3.05, 3.63) is 70.9 Å². The van der Waals surface area contributed by atoms with Crippen LogP contribution >= 0.6 is 11.6 Å². The smallest absolute Gasteiger partial charge is 0.306 e. The van der Waals surface area contributed by atoms with Crippen molar-refractivity contribution in [2.24, 2.45) is 0 Å². The molecule has 1 unspecified atom stereocenters. The molecule has 23 heavy (non-hydrogen) atoms. The number of carbonyl (C=O) groups is 1. The van der Waals surface area contributed by atoms with E-state index >= 15 is 0 Å². The summed E-state index contributed by atoms with van der Waals surface area (Å²) in [5.74, 6) is -0.264.